The van der Waals surface area contributed by atoms with E-state index in [0.29, 0.717) is 29.4 Å². The molecule has 0 amide bonds. The van der Waals surface area contributed by atoms with Crippen LogP contribution in [-0.4, -0.2) is 33.4 Å². The van der Waals surface area contributed by atoms with Crippen LogP contribution in [0.3, 0.4) is 0 Å². The van der Waals surface area contributed by atoms with Gasteiger partial charge in [-0.3, -0.25) is 4.40 Å². The number of benzene rings is 1. The first-order valence-corrected chi connectivity index (χ1v) is 8.10. The van der Waals surface area contributed by atoms with Crippen molar-refractivity contribution < 1.29 is 14.3 Å². The summed E-state index contributed by atoms with van der Waals surface area (Å²) in [7, 11) is 0. The summed E-state index contributed by atoms with van der Waals surface area (Å²) in [4.78, 5) is 23.7. The zero-order chi connectivity index (χ0) is 17.6. The Labute approximate surface area is 148 Å². The SMILES string of the molecule is O=C(COc1ccccc1Cl)OCCCn1nc2ccccn2c1=O. The minimum Gasteiger partial charge on any atom is -0.480 e. The molecule has 0 radical (unpaired) electrons. The second-order valence-corrected chi connectivity index (χ2v) is 5.63. The fourth-order valence-electron chi connectivity index (χ4n) is 2.25. The number of rotatable bonds is 7. The second-order valence-electron chi connectivity index (χ2n) is 5.23. The molecule has 8 heteroatoms. The minimum absolute atomic E-state index is 0.172. The highest BCUT2D eigenvalue weighted by Gasteiger charge is 2.08. The number of halogens is 1. The van der Waals surface area contributed by atoms with Gasteiger partial charge in [0.05, 0.1) is 11.6 Å². The van der Waals surface area contributed by atoms with E-state index in [1.54, 1.807) is 42.6 Å². The van der Waals surface area contributed by atoms with E-state index in [0.717, 1.165) is 0 Å². The number of aryl methyl sites for hydroxylation is 1. The van der Waals surface area contributed by atoms with Gasteiger partial charge in [0.2, 0.25) is 0 Å². The normalized spacial score (nSPS) is 10.8. The number of esters is 1. The van der Waals surface area contributed by atoms with Crippen molar-refractivity contribution in [2.45, 2.75) is 13.0 Å². The summed E-state index contributed by atoms with van der Waals surface area (Å²) in [6, 6.07) is 12.2. The molecule has 2 heterocycles. The lowest BCUT2D eigenvalue weighted by Gasteiger charge is -2.08. The molecule has 0 aliphatic carbocycles. The third kappa shape index (κ3) is 4.19. The van der Waals surface area contributed by atoms with Crippen molar-refractivity contribution in [3.05, 3.63) is 64.2 Å². The van der Waals surface area contributed by atoms with Crippen molar-refractivity contribution in [1.29, 1.82) is 0 Å². The highest BCUT2D eigenvalue weighted by Crippen LogP contribution is 2.22. The molecule has 0 bridgehead atoms. The summed E-state index contributed by atoms with van der Waals surface area (Å²) in [5.41, 5.74) is 0.363. The van der Waals surface area contributed by atoms with Crippen LogP contribution in [0.25, 0.3) is 5.65 Å². The van der Waals surface area contributed by atoms with Crippen LogP contribution in [0.1, 0.15) is 6.42 Å². The Hall–Kier alpha value is -2.80. The molecule has 25 heavy (non-hydrogen) atoms. The van der Waals surface area contributed by atoms with Crippen molar-refractivity contribution in [2.24, 2.45) is 0 Å². The number of nitrogens with zero attached hydrogens (tertiary/aromatic N) is 3. The average molecular weight is 362 g/mol. The van der Waals surface area contributed by atoms with Gasteiger partial charge in [0.1, 0.15) is 5.75 Å². The lowest BCUT2D eigenvalue weighted by Crippen LogP contribution is -2.22. The predicted molar refractivity (Wildman–Crippen MR) is 92.0 cm³/mol. The summed E-state index contributed by atoms with van der Waals surface area (Å²) >= 11 is 5.93. The number of hydrogen-bond acceptors (Lipinski definition) is 5. The second kappa shape index (κ2) is 7.85. The van der Waals surface area contributed by atoms with Gasteiger partial charge in [-0.1, -0.05) is 29.8 Å². The van der Waals surface area contributed by atoms with Gasteiger partial charge in [0.25, 0.3) is 0 Å². The van der Waals surface area contributed by atoms with E-state index in [-0.39, 0.29) is 18.9 Å². The Morgan fingerprint density at radius 2 is 1.96 bits per heavy atom. The van der Waals surface area contributed by atoms with Crippen molar-refractivity contribution in [1.82, 2.24) is 14.2 Å². The summed E-state index contributed by atoms with van der Waals surface area (Å²) in [5, 5.41) is 4.63. The first kappa shape index (κ1) is 17.0. The third-order valence-corrected chi connectivity index (χ3v) is 3.76. The summed E-state index contributed by atoms with van der Waals surface area (Å²) < 4.78 is 13.2. The Balaban J connectivity index is 1.43. The molecule has 0 N–H and O–H groups in total. The Kier molecular flexibility index (Phi) is 5.35. The van der Waals surface area contributed by atoms with E-state index in [1.807, 2.05) is 6.07 Å². The first-order chi connectivity index (χ1) is 12.1. The molecule has 0 unspecified atom stereocenters. The largest absolute Gasteiger partial charge is 0.480 e. The van der Waals surface area contributed by atoms with E-state index in [2.05, 4.69) is 5.10 Å². The molecule has 0 aliphatic heterocycles. The molecule has 7 nitrogen and oxygen atoms in total. The molecule has 0 saturated carbocycles. The standard InChI is InChI=1S/C17H16ClN3O4/c18-13-6-1-2-7-14(13)25-12-16(22)24-11-5-10-21-17(23)20-9-4-3-8-15(20)19-21/h1-4,6-9H,5,10-12H2. The summed E-state index contributed by atoms with van der Waals surface area (Å²) in [6.45, 7) is 0.308. The third-order valence-electron chi connectivity index (χ3n) is 3.45. The van der Waals surface area contributed by atoms with Gasteiger partial charge in [-0.05, 0) is 24.3 Å². The molecule has 0 aliphatic rings. The number of aromatic nitrogens is 3. The van der Waals surface area contributed by atoms with E-state index in [1.165, 1.54) is 9.08 Å². The first-order valence-electron chi connectivity index (χ1n) is 7.72. The smallest absolute Gasteiger partial charge is 0.350 e. The molecule has 0 fully saturated rings. The van der Waals surface area contributed by atoms with Crippen molar-refractivity contribution in [3.63, 3.8) is 0 Å². The fraction of sp³-hybridized carbons (Fsp3) is 0.235. The highest BCUT2D eigenvalue weighted by molar-refractivity contribution is 6.32. The van der Waals surface area contributed by atoms with Crippen LogP contribution in [0.5, 0.6) is 5.75 Å². The van der Waals surface area contributed by atoms with Crippen LogP contribution in [0, 0.1) is 0 Å². The molecule has 2 aromatic heterocycles. The molecule has 1 aromatic carbocycles. The van der Waals surface area contributed by atoms with Gasteiger partial charge in [-0.2, -0.15) is 0 Å². The quantitative estimate of drug-likeness (QED) is 0.476. The van der Waals surface area contributed by atoms with Crippen LogP contribution in [0.15, 0.2) is 53.5 Å². The van der Waals surface area contributed by atoms with Gasteiger partial charge in [0, 0.05) is 19.2 Å². The Morgan fingerprint density at radius 1 is 1.16 bits per heavy atom. The van der Waals surface area contributed by atoms with Gasteiger partial charge < -0.3 is 9.47 Å². The maximum Gasteiger partial charge on any atom is 0.350 e. The number of ether oxygens (including phenoxy) is 2. The predicted octanol–water partition coefficient (Wildman–Crippen LogP) is 2.16. The highest BCUT2D eigenvalue weighted by atomic mass is 35.5. The molecular formula is C17H16ClN3O4. The van der Waals surface area contributed by atoms with Crippen LogP contribution < -0.4 is 10.4 Å². The summed E-state index contributed by atoms with van der Waals surface area (Å²) in [6.07, 6.45) is 2.13. The molecule has 0 saturated heterocycles. The molecule has 0 spiro atoms. The molecular weight excluding hydrogens is 346 g/mol. The van der Waals surface area contributed by atoms with Crippen LogP contribution in [0.2, 0.25) is 5.02 Å². The number of pyridine rings is 1. The summed E-state index contributed by atoms with van der Waals surface area (Å²) in [5.74, 6) is -0.0698. The monoisotopic (exact) mass is 361 g/mol. The zero-order valence-corrected chi connectivity index (χ0v) is 14.1. The number of fused-ring (bicyclic) bond motifs is 1. The number of carbonyl (C=O) groups excluding carboxylic acids is 1. The van der Waals surface area contributed by atoms with E-state index in [9.17, 15) is 9.59 Å². The van der Waals surface area contributed by atoms with E-state index >= 15 is 0 Å². The van der Waals surface area contributed by atoms with E-state index < -0.39 is 5.97 Å². The number of hydrogen-bond donors (Lipinski definition) is 0. The molecule has 3 aromatic rings. The minimum atomic E-state index is -0.498. The lowest BCUT2D eigenvalue weighted by molar-refractivity contribution is -0.146. The molecule has 3 rings (SSSR count). The van der Waals surface area contributed by atoms with Crippen LogP contribution in [-0.2, 0) is 16.1 Å². The van der Waals surface area contributed by atoms with Gasteiger partial charge >= 0.3 is 11.7 Å². The average Bonchev–Trinajstić information content (AvgIpc) is 2.94. The molecule has 0 atom stereocenters. The van der Waals surface area contributed by atoms with Gasteiger partial charge in [0.15, 0.2) is 12.3 Å². The number of para-hydroxylation sites is 1. The Morgan fingerprint density at radius 3 is 2.76 bits per heavy atom. The fourth-order valence-corrected chi connectivity index (χ4v) is 2.44. The van der Waals surface area contributed by atoms with E-state index in [4.69, 9.17) is 21.1 Å². The van der Waals surface area contributed by atoms with Crippen LogP contribution in [0.4, 0.5) is 0 Å². The zero-order valence-electron chi connectivity index (χ0n) is 13.3. The molecule has 130 valence electrons. The van der Waals surface area contributed by atoms with Gasteiger partial charge in [-0.25, -0.2) is 14.3 Å². The van der Waals surface area contributed by atoms with Crippen molar-refractivity contribution in [3.8, 4) is 5.75 Å². The van der Waals surface area contributed by atoms with Gasteiger partial charge in [-0.15, -0.1) is 5.10 Å². The van der Waals surface area contributed by atoms with Crippen molar-refractivity contribution >= 4 is 23.2 Å². The maximum atomic E-state index is 12.1. The van der Waals surface area contributed by atoms with Crippen LogP contribution >= 0.6 is 11.6 Å². The lowest BCUT2D eigenvalue weighted by atomic mass is 10.3. The van der Waals surface area contributed by atoms with Crippen molar-refractivity contribution in [2.75, 3.05) is 13.2 Å². The maximum absolute atomic E-state index is 12.1. The topological polar surface area (TPSA) is 74.8 Å². The number of carbonyl (C=O) groups is 1. The Bertz CT molecular complexity index is 935.